The highest BCUT2D eigenvalue weighted by Crippen LogP contribution is 2.21. The minimum Gasteiger partial charge on any atom is -0.343 e. The van der Waals surface area contributed by atoms with Crippen LogP contribution < -0.4 is 10.6 Å². The molecule has 0 saturated heterocycles. The summed E-state index contributed by atoms with van der Waals surface area (Å²) in [6.45, 7) is 0.207. The largest absolute Gasteiger partial charge is 0.343 e. The molecule has 3 aromatic rings. The summed E-state index contributed by atoms with van der Waals surface area (Å²) in [6, 6.07) is 11.9. The van der Waals surface area contributed by atoms with Crippen LogP contribution in [-0.2, 0) is 11.3 Å². The predicted octanol–water partition coefficient (Wildman–Crippen LogP) is 4.26. The summed E-state index contributed by atoms with van der Waals surface area (Å²) in [7, 11) is 0. The number of hydrogen-bond donors (Lipinski definition) is 2. The van der Waals surface area contributed by atoms with Gasteiger partial charge >= 0.3 is 0 Å². The van der Waals surface area contributed by atoms with Gasteiger partial charge in [-0.2, -0.15) is 0 Å². The lowest BCUT2D eigenvalue weighted by molar-refractivity contribution is -0.115. The number of aromatic nitrogens is 2. The van der Waals surface area contributed by atoms with Gasteiger partial charge in [0.15, 0.2) is 0 Å². The van der Waals surface area contributed by atoms with Crippen LogP contribution in [0.25, 0.3) is 0 Å². The summed E-state index contributed by atoms with van der Waals surface area (Å²) in [5.41, 5.74) is 1.13. The Bertz CT molecular complexity index is 1020. The zero-order valence-electron chi connectivity index (χ0n) is 14.5. The van der Waals surface area contributed by atoms with E-state index in [0.29, 0.717) is 22.5 Å². The molecule has 0 aliphatic carbocycles. The second-order valence-electron chi connectivity index (χ2n) is 5.83. The molecule has 0 spiro atoms. The molecule has 6 nitrogen and oxygen atoms in total. The fourth-order valence-corrected chi connectivity index (χ4v) is 3.16. The number of imidazole rings is 1. The molecule has 0 radical (unpaired) electrons. The first-order valence-electron chi connectivity index (χ1n) is 8.21. The van der Waals surface area contributed by atoms with Crippen LogP contribution in [0.5, 0.6) is 0 Å². The number of amides is 2. The highest BCUT2D eigenvalue weighted by Gasteiger charge is 2.14. The molecule has 0 atom stereocenters. The van der Waals surface area contributed by atoms with Crippen LogP contribution in [0.15, 0.2) is 54.9 Å². The minimum absolute atomic E-state index is 0.209. The Kier molecular flexibility index (Phi) is 6.57. The monoisotopic (exact) mass is 436 g/mol. The first-order chi connectivity index (χ1) is 13.4. The second-order valence-corrected chi connectivity index (χ2v) is 7.08. The van der Waals surface area contributed by atoms with E-state index in [4.69, 9.17) is 34.8 Å². The van der Waals surface area contributed by atoms with Crippen molar-refractivity contribution in [1.29, 1.82) is 0 Å². The third-order valence-electron chi connectivity index (χ3n) is 3.85. The Morgan fingerprint density at radius 3 is 2.57 bits per heavy atom. The van der Waals surface area contributed by atoms with Crippen LogP contribution in [0.3, 0.4) is 0 Å². The lowest BCUT2D eigenvalue weighted by Crippen LogP contribution is -2.33. The number of anilines is 1. The number of carbonyl (C=O) groups is 2. The van der Waals surface area contributed by atoms with E-state index in [0.717, 1.165) is 5.56 Å². The Hall–Kier alpha value is -2.54. The molecule has 0 fully saturated rings. The summed E-state index contributed by atoms with van der Waals surface area (Å²) >= 11 is 18.0. The molecule has 0 unspecified atom stereocenters. The van der Waals surface area contributed by atoms with Crippen molar-refractivity contribution in [3.63, 3.8) is 0 Å². The van der Waals surface area contributed by atoms with Gasteiger partial charge in [0, 0.05) is 22.4 Å². The maximum absolute atomic E-state index is 12.2. The van der Waals surface area contributed by atoms with E-state index in [1.54, 1.807) is 29.1 Å². The van der Waals surface area contributed by atoms with Gasteiger partial charge in [-0.1, -0.05) is 53.0 Å². The number of hydrogen-bond acceptors (Lipinski definition) is 3. The van der Waals surface area contributed by atoms with E-state index in [1.165, 1.54) is 12.1 Å². The zero-order chi connectivity index (χ0) is 20.1. The second kappa shape index (κ2) is 9.10. The highest BCUT2D eigenvalue weighted by molar-refractivity contribution is 6.36. The lowest BCUT2D eigenvalue weighted by Gasteiger charge is -2.11. The summed E-state index contributed by atoms with van der Waals surface area (Å²) in [6.07, 6.45) is 3.30. The fourth-order valence-electron chi connectivity index (χ4n) is 2.47. The van der Waals surface area contributed by atoms with Gasteiger partial charge in [0.05, 0.1) is 23.7 Å². The van der Waals surface area contributed by atoms with Crippen LogP contribution in [-0.4, -0.2) is 27.9 Å². The van der Waals surface area contributed by atoms with Crippen molar-refractivity contribution in [3.05, 3.63) is 81.1 Å². The molecule has 144 valence electrons. The van der Waals surface area contributed by atoms with E-state index in [2.05, 4.69) is 15.6 Å². The third kappa shape index (κ3) is 5.04. The Morgan fingerprint density at radius 2 is 1.82 bits per heavy atom. The normalized spacial score (nSPS) is 10.5. The molecule has 2 N–H and O–H groups in total. The van der Waals surface area contributed by atoms with Crippen molar-refractivity contribution in [2.24, 2.45) is 0 Å². The van der Waals surface area contributed by atoms with E-state index in [9.17, 15) is 9.59 Å². The number of benzene rings is 2. The SMILES string of the molecule is O=C(CNC(=O)c1ccc(Cl)cc1Cl)Nc1nccn1Cc1ccccc1Cl. The summed E-state index contributed by atoms with van der Waals surface area (Å²) in [5.74, 6) is -0.551. The van der Waals surface area contributed by atoms with E-state index < -0.39 is 11.8 Å². The van der Waals surface area contributed by atoms with Crippen LogP contribution in [0.2, 0.25) is 15.1 Å². The van der Waals surface area contributed by atoms with Gasteiger partial charge in [-0.3, -0.25) is 14.9 Å². The fraction of sp³-hybridized carbons (Fsp3) is 0.105. The van der Waals surface area contributed by atoms with Gasteiger partial charge in [0.1, 0.15) is 0 Å². The van der Waals surface area contributed by atoms with Gasteiger partial charge in [-0.15, -0.1) is 0 Å². The average molecular weight is 438 g/mol. The molecule has 9 heteroatoms. The molecule has 0 bridgehead atoms. The minimum atomic E-state index is -0.476. The molecule has 3 rings (SSSR count). The smallest absolute Gasteiger partial charge is 0.253 e. The van der Waals surface area contributed by atoms with Crippen molar-refractivity contribution in [2.45, 2.75) is 6.54 Å². The molecule has 1 heterocycles. The van der Waals surface area contributed by atoms with Gasteiger partial charge in [-0.25, -0.2) is 4.98 Å². The van der Waals surface area contributed by atoms with E-state index in [-0.39, 0.29) is 17.1 Å². The van der Waals surface area contributed by atoms with Crippen molar-refractivity contribution < 1.29 is 9.59 Å². The van der Waals surface area contributed by atoms with Crippen molar-refractivity contribution >= 4 is 52.6 Å². The summed E-state index contributed by atoms with van der Waals surface area (Å²) in [4.78, 5) is 28.5. The Morgan fingerprint density at radius 1 is 1.04 bits per heavy atom. The molecule has 0 aliphatic heterocycles. The van der Waals surface area contributed by atoms with Crippen LogP contribution >= 0.6 is 34.8 Å². The van der Waals surface area contributed by atoms with Gasteiger partial charge in [0.25, 0.3) is 5.91 Å². The number of nitrogens with zero attached hydrogens (tertiary/aromatic N) is 2. The number of carbonyl (C=O) groups excluding carboxylic acids is 2. The quantitative estimate of drug-likeness (QED) is 0.605. The lowest BCUT2D eigenvalue weighted by atomic mass is 10.2. The Labute approximate surface area is 176 Å². The third-order valence-corrected chi connectivity index (χ3v) is 4.77. The predicted molar refractivity (Wildman–Crippen MR) is 110 cm³/mol. The number of halogens is 3. The summed E-state index contributed by atoms with van der Waals surface area (Å²) < 4.78 is 1.75. The zero-order valence-corrected chi connectivity index (χ0v) is 16.7. The van der Waals surface area contributed by atoms with Gasteiger partial charge < -0.3 is 9.88 Å². The molecular weight excluding hydrogens is 423 g/mol. The van der Waals surface area contributed by atoms with Crippen molar-refractivity contribution in [2.75, 3.05) is 11.9 Å². The topological polar surface area (TPSA) is 76.0 Å². The van der Waals surface area contributed by atoms with Crippen LogP contribution in [0.1, 0.15) is 15.9 Å². The molecule has 0 saturated carbocycles. The first kappa shape index (κ1) is 20.2. The molecule has 2 amide bonds. The van der Waals surface area contributed by atoms with Crippen molar-refractivity contribution in [3.8, 4) is 0 Å². The maximum atomic E-state index is 12.2. The van der Waals surface area contributed by atoms with Gasteiger partial charge in [-0.05, 0) is 29.8 Å². The number of rotatable bonds is 6. The average Bonchev–Trinajstić information content (AvgIpc) is 3.08. The van der Waals surface area contributed by atoms with E-state index in [1.807, 2.05) is 18.2 Å². The molecule has 1 aromatic heterocycles. The molecule has 2 aromatic carbocycles. The summed E-state index contributed by atoms with van der Waals surface area (Å²) in [5, 5.41) is 6.43. The molecule has 28 heavy (non-hydrogen) atoms. The molecule has 0 aliphatic rings. The Balaban J connectivity index is 1.59. The van der Waals surface area contributed by atoms with Crippen LogP contribution in [0, 0.1) is 0 Å². The number of nitrogens with one attached hydrogen (secondary N) is 2. The first-order valence-corrected chi connectivity index (χ1v) is 9.35. The van der Waals surface area contributed by atoms with Gasteiger partial charge in [0.2, 0.25) is 11.9 Å². The van der Waals surface area contributed by atoms with Crippen molar-refractivity contribution in [1.82, 2.24) is 14.9 Å². The molecular formula is C19H15Cl3N4O2. The highest BCUT2D eigenvalue weighted by atomic mass is 35.5. The van der Waals surface area contributed by atoms with Crippen LogP contribution in [0.4, 0.5) is 5.95 Å². The standard InChI is InChI=1S/C19H15Cl3N4O2/c20-13-5-6-14(16(22)9-13)18(28)24-10-17(27)25-19-23-7-8-26(19)11-12-3-1-2-4-15(12)21/h1-9H,10-11H2,(H,24,28)(H,23,25,27). The maximum Gasteiger partial charge on any atom is 0.253 e. The van der Waals surface area contributed by atoms with E-state index >= 15 is 0 Å².